The van der Waals surface area contributed by atoms with E-state index in [2.05, 4.69) is 16.8 Å². The van der Waals surface area contributed by atoms with Gasteiger partial charge in [0.05, 0.1) is 18.3 Å². The fourth-order valence-corrected chi connectivity index (χ4v) is 2.79. The molecule has 0 aliphatic heterocycles. The van der Waals surface area contributed by atoms with Crippen LogP contribution < -0.4 is 15.2 Å². The zero-order valence-electron chi connectivity index (χ0n) is 14.4. The Morgan fingerprint density at radius 1 is 1.27 bits per heavy atom. The van der Waals surface area contributed by atoms with Crippen LogP contribution in [-0.4, -0.2) is 25.1 Å². The third-order valence-corrected chi connectivity index (χ3v) is 4.40. The highest BCUT2D eigenvalue weighted by atomic mass is 35.5. The van der Waals surface area contributed by atoms with Crippen LogP contribution >= 0.6 is 23.4 Å². The van der Waals surface area contributed by atoms with Crippen LogP contribution in [0, 0.1) is 0 Å². The first-order valence-corrected chi connectivity index (χ1v) is 9.15. The second-order valence-electron chi connectivity index (χ2n) is 5.08. The van der Waals surface area contributed by atoms with Gasteiger partial charge in [-0.1, -0.05) is 66.3 Å². The zero-order valence-corrected chi connectivity index (χ0v) is 16.0. The SMILES string of the molecule is C=CCOc1cc(Cl)c(C=NN=C(N)SCc2ccccc2)cc1OC. The number of methoxy groups -OCH3 is 1. The minimum Gasteiger partial charge on any atom is -0.493 e. The number of benzene rings is 2. The minimum atomic E-state index is 0.361. The number of hydrogen-bond donors (Lipinski definition) is 1. The highest BCUT2D eigenvalue weighted by Crippen LogP contribution is 2.32. The van der Waals surface area contributed by atoms with Crippen LogP contribution in [0.3, 0.4) is 0 Å². The van der Waals surface area contributed by atoms with Crippen molar-refractivity contribution in [3.8, 4) is 11.5 Å². The summed E-state index contributed by atoms with van der Waals surface area (Å²) in [5.41, 5.74) is 7.69. The molecule has 7 heteroatoms. The maximum absolute atomic E-state index is 6.26. The Balaban J connectivity index is 2.03. The summed E-state index contributed by atoms with van der Waals surface area (Å²) < 4.78 is 10.8. The topological polar surface area (TPSA) is 69.2 Å². The van der Waals surface area contributed by atoms with E-state index in [0.29, 0.717) is 33.9 Å². The Morgan fingerprint density at radius 3 is 2.73 bits per heavy atom. The van der Waals surface area contributed by atoms with Gasteiger partial charge in [-0.3, -0.25) is 0 Å². The highest BCUT2D eigenvalue weighted by molar-refractivity contribution is 8.13. The second kappa shape index (κ2) is 10.5. The number of ether oxygens (including phenoxy) is 2. The number of nitrogens with two attached hydrogens (primary N) is 1. The van der Waals surface area contributed by atoms with Gasteiger partial charge < -0.3 is 15.2 Å². The van der Waals surface area contributed by atoms with Gasteiger partial charge in [-0.05, 0) is 11.6 Å². The lowest BCUT2D eigenvalue weighted by Gasteiger charge is -2.11. The maximum Gasteiger partial charge on any atom is 0.180 e. The molecular weight excluding hydrogens is 370 g/mol. The summed E-state index contributed by atoms with van der Waals surface area (Å²) in [4.78, 5) is 0. The van der Waals surface area contributed by atoms with E-state index in [1.807, 2.05) is 30.3 Å². The second-order valence-corrected chi connectivity index (χ2v) is 6.48. The van der Waals surface area contributed by atoms with Gasteiger partial charge in [0, 0.05) is 17.4 Å². The first kappa shape index (κ1) is 19.9. The molecule has 26 heavy (non-hydrogen) atoms. The molecule has 2 aromatic carbocycles. The molecule has 0 aliphatic carbocycles. The van der Waals surface area contributed by atoms with Crippen molar-refractivity contribution in [3.63, 3.8) is 0 Å². The van der Waals surface area contributed by atoms with E-state index in [4.69, 9.17) is 26.8 Å². The molecule has 5 nitrogen and oxygen atoms in total. The van der Waals surface area contributed by atoms with Gasteiger partial charge >= 0.3 is 0 Å². The molecule has 0 bridgehead atoms. The molecule has 2 rings (SSSR count). The average molecular weight is 390 g/mol. The van der Waals surface area contributed by atoms with E-state index in [1.165, 1.54) is 23.5 Å². The third-order valence-electron chi connectivity index (χ3n) is 3.22. The molecule has 0 heterocycles. The molecule has 0 saturated carbocycles. The summed E-state index contributed by atoms with van der Waals surface area (Å²) in [6.45, 7) is 3.97. The number of nitrogens with zero attached hydrogens (tertiary/aromatic N) is 2. The van der Waals surface area contributed by atoms with Gasteiger partial charge in [-0.2, -0.15) is 5.10 Å². The molecule has 0 saturated heterocycles. The van der Waals surface area contributed by atoms with Crippen molar-refractivity contribution in [2.24, 2.45) is 15.9 Å². The molecule has 0 aromatic heterocycles. The fraction of sp³-hybridized carbons (Fsp3) is 0.158. The maximum atomic E-state index is 6.26. The molecule has 0 amide bonds. The fourth-order valence-electron chi connectivity index (χ4n) is 1.98. The van der Waals surface area contributed by atoms with Gasteiger partial charge in [-0.15, -0.1) is 5.10 Å². The Labute approximate surface area is 162 Å². The standard InChI is InChI=1S/C19H20ClN3O2S/c1-3-9-25-18-11-16(20)15(10-17(18)24-2)12-22-23-19(21)26-13-14-7-5-4-6-8-14/h3-8,10-12H,1,9,13H2,2H3,(H2,21,23). The van der Waals surface area contributed by atoms with Crippen molar-refractivity contribution in [2.45, 2.75) is 5.75 Å². The summed E-state index contributed by atoms with van der Waals surface area (Å²) in [6.07, 6.45) is 3.17. The summed E-state index contributed by atoms with van der Waals surface area (Å²) in [5, 5.41) is 8.83. The summed E-state index contributed by atoms with van der Waals surface area (Å²) >= 11 is 7.67. The molecule has 0 unspecified atom stereocenters. The molecule has 0 fully saturated rings. The van der Waals surface area contributed by atoms with E-state index in [1.54, 1.807) is 25.3 Å². The molecule has 0 atom stereocenters. The van der Waals surface area contributed by atoms with E-state index in [0.717, 1.165) is 5.75 Å². The van der Waals surface area contributed by atoms with Gasteiger partial charge in [0.1, 0.15) is 6.61 Å². The Hall–Kier alpha value is -2.44. The lowest BCUT2D eigenvalue weighted by molar-refractivity contribution is 0.326. The van der Waals surface area contributed by atoms with Crippen molar-refractivity contribution < 1.29 is 9.47 Å². The number of rotatable bonds is 8. The normalized spacial score (nSPS) is 11.5. The van der Waals surface area contributed by atoms with Crippen LogP contribution in [0.2, 0.25) is 5.02 Å². The molecule has 0 radical (unpaired) electrons. The van der Waals surface area contributed by atoms with Crippen molar-refractivity contribution in [2.75, 3.05) is 13.7 Å². The van der Waals surface area contributed by atoms with E-state index < -0.39 is 0 Å². The van der Waals surface area contributed by atoms with E-state index in [-0.39, 0.29) is 0 Å². The van der Waals surface area contributed by atoms with Crippen molar-refractivity contribution in [1.29, 1.82) is 0 Å². The smallest absolute Gasteiger partial charge is 0.180 e. The number of hydrogen-bond acceptors (Lipinski definition) is 5. The van der Waals surface area contributed by atoms with E-state index >= 15 is 0 Å². The van der Waals surface area contributed by atoms with Crippen LogP contribution in [0.25, 0.3) is 0 Å². The molecular formula is C19H20ClN3O2S. The number of amidine groups is 1. The van der Waals surface area contributed by atoms with E-state index in [9.17, 15) is 0 Å². The van der Waals surface area contributed by atoms with Crippen molar-refractivity contribution >= 4 is 34.7 Å². The van der Waals surface area contributed by atoms with Gasteiger partial charge in [0.15, 0.2) is 16.7 Å². The van der Waals surface area contributed by atoms with Gasteiger partial charge in [0.2, 0.25) is 0 Å². The van der Waals surface area contributed by atoms with Crippen molar-refractivity contribution in [3.05, 3.63) is 71.3 Å². The van der Waals surface area contributed by atoms with Crippen LogP contribution in [0.4, 0.5) is 0 Å². The molecule has 0 aliphatic rings. The monoisotopic (exact) mass is 389 g/mol. The highest BCUT2D eigenvalue weighted by Gasteiger charge is 2.09. The predicted octanol–water partition coefficient (Wildman–Crippen LogP) is 4.50. The summed E-state index contributed by atoms with van der Waals surface area (Å²) in [7, 11) is 1.56. The first-order valence-electron chi connectivity index (χ1n) is 7.78. The molecule has 0 spiro atoms. The number of halogens is 1. The van der Waals surface area contributed by atoms with Crippen LogP contribution in [0.1, 0.15) is 11.1 Å². The zero-order chi connectivity index (χ0) is 18.8. The van der Waals surface area contributed by atoms with Crippen molar-refractivity contribution in [1.82, 2.24) is 0 Å². The summed E-state index contributed by atoms with van der Waals surface area (Å²) in [5.74, 6) is 1.82. The summed E-state index contributed by atoms with van der Waals surface area (Å²) in [6, 6.07) is 13.4. The molecule has 2 aromatic rings. The Bertz CT molecular complexity index is 795. The quantitative estimate of drug-likeness (QED) is 0.312. The van der Waals surface area contributed by atoms with Crippen LogP contribution in [-0.2, 0) is 5.75 Å². The van der Waals surface area contributed by atoms with Gasteiger partial charge in [0.25, 0.3) is 0 Å². The lowest BCUT2D eigenvalue weighted by Crippen LogP contribution is -2.06. The first-order chi connectivity index (χ1) is 12.6. The molecule has 2 N–H and O–H groups in total. The predicted molar refractivity (Wildman–Crippen MR) is 111 cm³/mol. The average Bonchev–Trinajstić information content (AvgIpc) is 2.66. The largest absolute Gasteiger partial charge is 0.493 e. The van der Waals surface area contributed by atoms with Crippen LogP contribution in [0.15, 0.2) is 65.3 Å². The third kappa shape index (κ3) is 6.13. The molecule has 136 valence electrons. The Morgan fingerprint density at radius 2 is 2.04 bits per heavy atom. The lowest BCUT2D eigenvalue weighted by atomic mass is 10.2. The van der Waals surface area contributed by atoms with Gasteiger partial charge in [-0.25, -0.2) is 0 Å². The minimum absolute atomic E-state index is 0.361. The van der Waals surface area contributed by atoms with Crippen LogP contribution in [0.5, 0.6) is 11.5 Å². The number of thioether (sulfide) groups is 1. The Kier molecular flexibility index (Phi) is 8.05.